The van der Waals surface area contributed by atoms with E-state index in [9.17, 15) is 0 Å². The van der Waals surface area contributed by atoms with Crippen LogP contribution in [0.2, 0.25) is 0 Å². The van der Waals surface area contributed by atoms with Crippen molar-refractivity contribution < 1.29 is 8.83 Å². The molecule has 2 heterocycles. The van der Waals surface area contributed by atoms with Gasteiger partial charge in [-0.15, -0.1) is 0 Å². The van der Waals surface area contributed by atoms with E-state index in [2.05, 4.69) is 182 Å². The Bertz CT molecular complexity index is 4120. The molecule has 12 aromatic carbocycles. The number of benzene rings is 12. The van der Waals surface area contributed by atoms with E-state index in [1.165, 1.54) is 92.5 Å². The number of rotatable bonds is 3. The van der Waals surface area contributed by atoms with Gasteiger partial charge in [0.2, 0.25) is 0 Å². The van der Waals surface area contributed by atoms with Crippen LogP contribution < -0.4 is 0 Å². The molecule has 0 N–H and O–H groups in total. The molecule has 2 heteroatoms. The molecule has 0 unspecified atom stereocenters. The highest BCUT2D eigenvalue weighted by Gasteiger charge is 2.25. The Morgan fingerprint density at radius 1 is 0.233 bits per heavy atom. The quantitative estimate of drug-likeness (QED) is 0.132. The highest BCUT2D eigenvalue weighted by molar-refractivity contribution is 6.34. The van der Waals surface area contributed by atoms with Crippen LogP contribution in [0.15, 0.2) is 203 Å². The first-order valence-electron chi connectivity index (χ1n) is 20.7. The summed E-state index contributed by atoms with van der Waals surface area (Å²) in [5.74, 6) is 0. The van der Waals surface area contributed by atoms with Crippen molar-refractivity contribution in [3.63, 3.8) is 0 Å². The lowest BCUT2D eigenvalue weighted by molar-refractivity contribution is 0.663. The predicted molar refractivity (Wildman–Crippen MR) is 254 cm³/mol. The van der Waals surface area contributed by atoms with Crippen molar-refractivity contribution in [1.82, 2.24) is 0 Å². The van der Waals surface area contributed by atoms with Crippen LogP contribution in [0.5, 0.6) is 0 Å². The van der Waals surface area contributed by atoms with Gasteiger partial charge in [0.25, 0.3) is 0 Å². The van der Waals surface area contributed by atoms with Crippen molar-refractivity contribution >= 4 is 109 Å². The van der Waals surface area contributed by atoms with Crippen LogP contribution in [0, 0.1) is 0 Å². The minimum atomic E-state index is 0.853. The van der Waals surface area contributed by atoms with Gasteiger partial charge in [0, 0.05) is 21.5 Å². The minimum absolute atomic E-state index is 0.853. The largest absolute Gasteiger partial charge is 0.456 e. The van der Waals surface area contributed by atoms with Crippen LogP contribution in [-0.2, 0) is 0 Å². The predicted octanol–water partition coefficient (Wildman–Crippen LogP) is 16.8. The molecule has 0 aliphatic carbocycles. The van der Waals surface area contributed by atoms with E-state index in [4.69, 9.17) is 8.83 Å². The second-order valence-corrected chi connectivity index (χ2v) is 16.2. The van der Waals surface area contributed by atoms with Crippen molar-refractivity contribution in [3.05, 3.63) is 194 Å². The van der Waals surface area contributed by atoms with Crippen LogP contribution in [0.4, 0.5) is 0 Å². The molecule has 0 aliphatic heterocycles. The topological polar surface area (TPSA) is 26.3 Å². The molecular formula is C58H32O2. The Morgan fingerprint density at radius 2 is 0.783 bits per heavy atom. The second kappa shape index (κ2) is 11.8. The number of furan rings is 2. The zero-order valence-corrected chi connectivity index (χ0v) is 32.3. The maximum Gasteiger partial charge on any atom is 0.136 e. The molecule has 0 bridgehead atoms. The average molecular weight is 761 g/mol. The first kappa shape index (κ1) is 32.1. The fourth-order valence-electron chi connectivity index (χ4n) is 10.7. The third-order valence-corrected chi connectivity index (χ3v) is 13.2. The SMILES string of the molecule is c1ccc2c(-c3ccc4c(-c5cc6cccc7ccc8cccc5c8c76)c5ccccc5c(-c5cccc6oc7ccc8oc9ccccc9c8c7c56)c4c3)cccc2c1. The summed E-state index contributed by atoms with van der Waals surface area (Å²) in [5, 5.41) is 19.4. The fraction of sp³-hybridized carbons (Fsp3) is 0. The highest BCUT2D eigenvalue weighted by Crippen LogP contribution is 2.51. The maximum atomic E-state index is 6.77. The Morgan fingerprint density at radius 3 is 1.65 bits per heavy atom. The molecule has 0 fully saturated rings. The molecule has 0 atom stereocenters. The van der Waals surface area contributed by atoms with Gasteiger partial charge in [-0.2, -0.15) is 0 Å². The van der Waals surface area contributed by atoms with Crippen LogP contribution in [0.3, 0.4) is 0 Å². The summed E-state index contributed by atoms with van der Waals surface area (Å²) in [6.07, 6.45) is 0. The molecule has 14 aromatic rings. The number of fused-ring (bicyclic) bond motifs is 10. The average Bonchev–Trinajstić information content (AvgIpc) is 3.88. The number of hydrogen-bond acceptors (Lipinski definition) is 2. The summed E-state index contributed by atoms with van der Waals surface area (Å²) in [6.45, 7) is 0. The third kappa shape index (κ3) is 4.27. The lowest BCUT2D eigenvalue weighted by Crippen LogP contribution is -1.94. The lowest BCUT2D eigenvalue weighted by atomic mass is 9.81. The Kier molecular flexibility index (Phi) is 6.32. The molecule has 14 rings (SSSR count). The fourth-order valence-corrected chi connectivity index (χ4v) is 10.7. The van der Waals surface area contributed by atoms with Gasteiger partial charge in [-0.3, -0.25) is 0 Å². The Hall–Kier alpha value is -7.94. The second-order valence-electron chi connectivity index (χ2n) is 16.2. The Balaban J connectivity index is 1.19. The standard InChI is InChI=1S/C58H32O2/c1-2-16-38-33(11-1)12-8-20-39(38)36-27-28-43-46(31-36)55(45-22-10-24-49-57(45)58-51(60-49)30-29-50-56(58)44-19-5-6-23-48(44)59-50)41-18-4-3-17-40(41)54(43)47-32-37-15-7-13-34-25-26-35-14-9-21-42(47)53(35)52(34)37/h1-32H. The zero-order valence-electron chi connectivity index (χ0n) is 32.3. The summed E-state index contributed by atoms with van der Waals surface area (Å²) >= 11 is 0. The first-order valence-corrected chi connectivity index (χ1v) is 20.7. The molecule has 276 valence electrons. The summed E-state index contributed by atoms with van der Waals surface area (Å²) in [5.41, 5.74) is 10.7. The van der Waals surface area contributed by atoms with E-state index >= 15 is 0 Å². The van der Waals surface area contributed by atoms with E-state index in [-0.39, 0.29) is 0 Å². The Labute approximate surface area is 343 Å². The molecule has 0 saturated heterocycles. The van der Waals surface area contributed by atoms with Crippen molar-refractivity contribution in [2.75, 3.05) is 0 Å². The van der Waals surface area contributed by atoms with Crippen molar-refractivity contribution in [3.8, 4) is 33.4 Å². The van der Waals surface area contributed by atoms with E-state index in [0.717, 1.165) is 49.4 Å². The van der Waals surface area contributed by atoms with Crippen LogP contribution >= 0.6 is 0 Å². The van der Waals surface area contributed by atoms with Gasteiger partial charge in [-0.25, -0.2) is 0 Å². The van der Waals surface area contributed by atoms with E-state index in [1.54, 1.807) is 0 Å². The van der Waals surface area contributed by atoms with Gasteiger partial charge >= 0.3 is 0 Å². The molecule has 0 saturated carbocycles. The summed E-state index contributed by atoms with van der Waals surface area (Å²) in [6, 6.07) is 71.0. The van der Waals surface area contributed by atoms with Gasteiger partial charge in [0.1, 0.15) is 22.3 Å². The molecule has 2 aromatic heterocycles. The van der Waals surface area contributed by atoms with Gasteiger partial charge in [-0.05, 0) is 134 Å². The molecule has 2 nitrogen and oxygen atoms in total. The highest BCUT2D eigenvalue weighted by atomic mass is 16.3. The number of hydrogen-bond donors (Lipinski definition) is 0. The monoisotopic (exact) mass is 760 g/mol. The van der Waals surface area contributed by atoms with Crippen molar-refractivity contribution in [2.45, 2.75) is 0 Å². The smallest absolute Gasteiger partial charge is 0.136 e. The molecule has 0 aliphatic rings. The minimum Gasteiger partial charge on any atom is -0.456 e. The van der Waals surface area contributed by atoms with Gasteiger partial charge in [-0.1, -0.05) is 158 Å². The molecule has 0 spiro atoms. The van der Waals surface area contributed by atoms with Crippen molar-refractivity contribution in [2.24, 2.45) is 0 Å². The maximum absolute atomic E-state index is 6.77. The summed E-state index contributed by atoms with van der Waals surface area (Å²) < 4.78 is 13.2. The van der Waals surface area contributed by atoms with Gasteiger partial charge < -0.3 is 8.83 Å². The van der Waals surface area contributed by atoms with Crippen molar-refractivity contribution in [1.29, 1.82) is 0 Å². The van der Waals surface area contributed by atoms with E-state index < -0.39 is 0 Å². The van der Waals surface area contributed by atoms with E-state index in [0.29, 0.717) is 0 Å². The van der Waals surface area contributed by atoms with Crippen LogP contribution in [0.25, 0.3) is 142 Å². The van der Waals surface area contributed by atoms with Crippen LogP contribution in [-0.4, -0.2) is 0 Å². The van der Waals surface area contributed by atoms with Gasteiger partial charge in [0.15, 0.2) is 0 Å². The molecule has 60 heavy (non-hydrogen) atoms. The first-order chi connectivity index (χ1) is 29.8. The third-order valence-electron chi connectivity index (χ3n) is 13.2. The molecular weight excluding hydrogens is 729 g/mol. The normalized spacial score (nSPS) is 12.3. The number of para-hydroxylation sites is 1. The summed E-state index contributed by atoms with van der Waals surface area (Å²) in [4.78, 5) is 0. The van der Waals surface area contributed by atoms with E-state index in [1.807, 2.05) is 12.1 Å². The zero-order chi connectivity index (χ0) is 39.1. The van der Waals surface area contributed by atoms with Gasteiger partial charge in [0.05, 0.1) is 0 Å². The molecule has 0 radical (unpaired) electrons. The lowest BCUT2D eigenvalue weighted by Gasteiger charge is -2.21. The molecule has 0 amide bonds. The summed E-state index contributed by atoms with van der Waals surface area (Å²) in [7, 11) is 0. The van der Waals surface area contributed by atoms with Crippen LogP contribution in [0.1, 0.15) is 0 Å².